The van der Waals surface area contributed by atoms with Gasteiger partial charge in [-0.2, -0.15) is 0 Å². The number of halogens is 1. The van der Waals surface area contributed by atoms with Crippen LogP contribution in [0.25, 0.3) is 6.08 Å². The van der Waals surface area contributed by atoms with Crippen molar-refractivity contribution >= 4 is 17.7 Å². The molecular weight excluding hydrogens is 319 g/mol. The lowest BCUT2D eigenvalue weighted by Gasteiger charge is -2.06. The van der Waals surface area contributed by atoms with E-state index < -0.39 is 5.82 Å². The standard InChI is InChI=1S/C20H15FN2O2/c21-18-13-15(8-10-19(18)25-17-7-4-12-22-14-17)9-11-20(24)23-16-5-2-1-3-6-16/h1-14H,(H,23,24)/b11-9+. The van der Waals surface area contributed by atoms with E-state index in [-0.39, 0.29) is 11.7 Å². The zero-order chi connectivity index (χ0) is 17.5. The van der Waals surface area contributed by atoms with Gasteiger partial charge in [0.15, 0.2) is 11.6 Å². The van der Waals surface area contributed by atoms with Crippen LogP contribution in [0.2, 0.25) is 0 Å². The number of nitrogens with zero attached hydrogens (tertiary/aromatic N) is 1. The summed E-state index contributed by atoms with van der Waals surface area (Å²) >= 11 is 0. The van der Waals surface area contributed by atoms with Gasteiger partial charge in [-0.3, -0.25) is 9.78 Å². The number of rotatable bonds is 5. The summed E-state index contributed by atoms with van der Waals surface area (Å²) in [6.07, 6.45) is 6.00. The highest BCUT2D eigenvalue weighted by Gasteiger charge is 2.05. The van der Waals surface area contributed by atoms with E-state index in [2.05, 4.69) is 10.3 Å². The van der Waals surface area contributed by atoms with Crippen molar-refractivity contribution in [2.24, 2.45) is 0 Å². The number of aromatic nitrogens is 1. The number of anilines is 1. The molecule has 0 radical (unpaired) electrons. The summed E-state index contributed by atoms with van der Waals surface area (Å²) in [6.45, 7) is 0. The lowest BCUT2D eigenvalue weighted by Crippen LogP contribution is -2.07. The van der Waals surface area contributed by atoms with Gasteiger partial charge in [0.05, 0.1) is 6.20 Å². The minimum Gasteiger partial charge on any atom is -0.453 e. The van der Waals surface area contributed by atoms with Crippen molar-refractivity contribution in [1.29, 1.82) is 0 Å². The summed E-state index contributed by atoms with van der Waals surface area (Å²) in [5.74, 6) is -0.261. The second kappa shape index (κ2) is 7.88. The van der Waals surface area contributed by atoms with Gasteiger partial charge in [0.1, 0.15) is 5.75 Å². The van der Waals surface area contributed by atoms with Crippen LogP contribution in [0.15, 0.2) is 79.1 Å². The molecule has 0 unspecified atom stereocenters. The average Bonchev–Trinajstić information content (AvgIpc) is 2.64. The number of nitrogens with one attached hydrogen (secondary N) is 1. The highest BCUT2D eigenvalue weighted by atomic mass is 19.1. The summed E-state index contributed by atoms with van der Waals surface area (Å²) in [5, 5.41) is 2.72. The average molecular weight is 334 g/mol. The predicted molar refractivity (Wildman–Crippen MR) is 94.8 cm³/mol. The molecule has 1 amide bonds. The molecule has 1 N–H and O–H groups in total. The minimum absolute atomic E-state index is 0.0962. The molecule has 0 spiro atoms. The van der Waals surface area contributed by atoms with Crippen LogP contribution in [-0.2, 0) is 4.79 Å². The van der Waals surface area contributed by atoms with E-state index in [1.54, 1.807) is 36.5 Å². The molecular formula is C20H15FN2O2. The molecule has 0 fully saturated rings. The summed E-state index contributed by atoms with van der Waals surface area (Å²) in [6, 6.07) is 17.0. The fraction of sp³-hybridized carbons (Fsp3) is 0. The van der Waals surface area contributed by atoms with E-state index >= 15 is 0 Å². The summed E-state index contributed by atoms with van der Waals surface area (Å²) < 4.78 is 19.6. The van der Waals surface area contributed by atoms with Crippen LogP contribution in [0.4, 0.5) is 10.1 Å². The van der Waals surface area contributed by atoms with E-state index in [9.17, 15) is 9.18 Å². The normalized spacial score (nSPS) is 10.6. The number of pyridine rings is 1. The molecule has 2 aromatic carbocycles. The van der Waals surface area contributed by atoms with Crippen LogP contribution in [0, 0.1) is 5.82 Å². The van der Waals surface area contributed by atoms with Gasteiger partial charge in [0, 0.05) is 18.0 Å². The first-order valence-electron chi connectivity index (χ1n) is 7.62. The van der Waals surface area contributed by atoms with Crippen LogP contribution in [0.1, 0.15) is 5.56 Å². The molecule has 3 aromatic rings. The molecule has 0 aliphatic heterocycles. The van der Waals surface area contributed by atoms with Crippen molar-refractivity contribution in [2.45, 2.75) is 0 Å². The molecule has 4 nitrogen and oxygen atoms in total. The fourth-order valence-corrected chi connectivity index (χ4v) is 2.12. The highest BCUT2D eigenvalue weighted by Crippen LogP contribution is 2.24. The molecule has 124 valence electrons. The number of amides is 1. The van der Waals surface area contributed by atoms with Crippen LogP contribution in [0.3, 0.4) is 0 Å². The van der Waals surface area contributed by atoms with E-state index in [0.29, 0.717) is 17.0 Å². The van der Waals surface area contributed by atoms with E-state index in [1.807, 2.05) is 18.2 Å². The topological polar surface area (TPSA) is 51.2 Å². The first-order chi connectivity index (χ1) is 12.2. The third-order valence-corrected chi connectivity index (χ3v) is 3.29. The van der Waals surface area contributed by atoms with Crippen LogP contribution in [-0.4, -0.2) is 10.9 Å². The number of hydrogen-bond acceptors (Lipinski definition) is 3. The van der Waals surface area contributed by atoms with Crippen molar-refractivity contribution < 1.29 is 13.9 Å². The number of carbonyl (C=O) groups excluding carboxylic acids is 1. The maximum absolute atomic E-state index is 14.1. The lowest BCUT2D eigenvalue weighted by molar-refractivity contribution is -0.111. The summed E-state index contributed by atoms with van der Waals surface area (Å²) in [5.41, 5.74) is 1.25. The van der Waals surface area contributed by atoms with Gasteiger partial charge >= 0.3 is 0 Å². The largest absolute Gasteiger partial charge is 0.453 e. The van der Waals surface area contributed by atoms with Gasteiger partial charge in [-0.05, 0) is 48.0 Å². The van der Waals surface area contributed by atoms with Crippen molar-refractivity contribution in [2.75, 3.05) is 5.32 Å². The van der Waals surface area contributed by atoms with Crippen LogP contribution >= 0.6 is 0 Å². The summed E-state index contributed by atoms with van der Waals surface area (Å²) in [7, 11) is 0. The Kier molecular flexibility index (Phi) is 5.16. The van der Waals surface area contributed by atoms with Crippen LogP contribution in [0.5, 0.6) is 11.5 Å². The lowest BCUT2D eigenvalue weighted by atomic mass is 10.2. The van der Waals surface area contributed by atoms with Crippen molar-refractivity contribution in [3.8, 4) is 11.5 Å². The second-order valence-corrected chi connectivity index (χ2v) is 5.17. The van der Waals surface area contributed by atoms with Crippen molar-refractivity contribution in [3.05, 3.63) is 90.5 Å². The zero-order valence-electron chi connectivity index (χ0n) is 13.2. The third-order valence-electron chi connectivity index (χ3n) is 3.29. The molecule has 1 heterocycles. The molecule has 0 bridgehead atoms. The van der Waals surface area contributed by atoms with Crippen LogP contribution < -0.4 is 10.1 Å². The van der Waals surface area contributed by atoms with Gasteiger partial charge in [-0.15, -0.1) is 0 Å². The molecule has 25 heavy (non-hydrogen) atoms. The molecule has 0 saturated carbocycles. The maximum Gasteiger partial charge on any atom is 0.248 e. The minimum atomic E-state index is -0.519. The molecule has 0 atom stereocenters. The van der Waals surface area contributed by atoms with E-state index in [0.717, 1.165) is 0 Å². The Morgan fingerprint density at radius 3 is 2.64 bits per heavy atom. The Morgan fingerprint density at radius 1 is 1.08 bits per heavy atom. The van der Waals surface area contributed by atoms with E-state index in [1.165, 1.54) is 30.5 Å². The Hall–Kier alpha value is -3.47. The number of hydrogen-bond donors (Lipinski definition) is 1. The predicted octanol–water partition coefficient (Wildman–Crippen LogP) is 4.66. The Morgan fingerprint density at radius 2 is 1.92 bits per heavy atom. The molecule has 0 saturated heterocycles. The van der Waals surface area contributed by atoms with Crippen molar-refractivity contribution in [3.63, 3.8) is 0 Å². The molecule has 1 aromatic heterocycles. The maximum atomic E-state index is 14.1. The van der Waals surface area contributed by atoms with Gasteiger partial charge in [-0.25, -0.2) is 4.39 Å². The van der Waals surface area contributed by atoms with Gasteiger partial charge in [0.25, 0.3) is 0 Å². The van der Waals surface area contributed by atoms with Gasteiger partial charge in [0.2, 0.25) is 5.91 Å². The molecule has 3 rings (SSSR count). The van der Waals surface area contributed by atoms with Gasteiger partial charge < -0.3 is 10.1 Å². The summed E-state index contributed by atoms with van der Waals surface area (Å²) in [4.78, 5) is 15.8. The highest BCUT2D eigenvalue weighted by molar-refractivity contribution is 6.01. The first-order valence-corrected chi connectivity index (χ1v) is 7.62. The molecule has 5 heteroatoms. The van der Waals surface area contributed by atoms with E-state index in [4.69, 9.17) is 4.74 Å². The Labute approximate surface area is 144 Å². The molecule has 0 aliphatic carbocycles. The smallest absolute Gasteiger partial charge is 0.248 e. The second-order valence-electron chi connectivity index (χ2n) is 5.17. The fourth-order valence-electron chi connectivity index (χ4n) is 2.12. The number of para-hydroxylation sites is 1. The zero-order valence-corrected chi connectivity index (χ0v) is 13.2. The van der Waals surface area contributed by atoms with Gasteiger partial charge in [-0.1, -0.05) is 24.3 Å². The number of carbonyl (C=O) groups is 1. The Bertz CT molecular complexity index is 881. The van der Waals surface area contributed by atoms with Crippen molar-refractivity contribution in [1.82, 2.24) is 4.98 Å². The Balaban J connectivity index is 1.65. The molecule has 0 aliphatic rings. The quantitative estimate of drug-likeness (QED) is 0.690. The number of ether oxygens (including phenoxy) is 1. The monoisotopic (exact) mass is 334 g/mol. The third kappa shape index (κ3) is 4.75. The number of benzene rings is 2. The SMILES string of the molecule is O=C(/C=C/c1ccc(Oc2cccnc2)c(F)c1)Nc1ccccc1. The first kappa shape index (κ1) is 16.4.